The summed E-state index contributed by atoms with van der Waals surface area (Å²) in [7, 11) is 2.09. The number of likely N-dealkylation sites (tertiary alicyclic amines) is 1. The second kappa shape index (κ2) is 6.40. The number of halogens is 1. The molecule has 104 valence electrons. The van der Waals surface area contributed by atoms with E-state index in [0.29, 0.717) is 16.6 Å². The zero-order chi connectivity index (χ0) is 13.8. The second-order valence-electron chi connectivity index (χ2n) is 5.11. The van der Waals surface area contributed by atoms with Crippen molar-refractivity contribution in [3.63, 3.8) is 0 Å². The fourth-order valence-electron chi connectivity index (χ4n) is 2.70. The molecule has 0 aromatic heterocycles. The maximum atomic E-state index is 10.7. The zero-order valence-electron chi connectivity index (χ0n) is 11.6. The van der Waals surface area contributed by atoms with Crippen LogP contribution in [0.15, 0.2) is 18.2 Å². The van der Waals surface area contributed by atoms with Crippen LogP contribution in [0.25, 0.3) is 0 Å². The van der Waals surface area contributed by atoms with Gasteiger partial charge in [0, 0.05) is 31.7 Å². The van der Waals surface area contributed by atoms with Crippen LogP contribution < -0.4 is 4.90 Å². The number of aldehydes is 1. The van der Waals surface area contributed by atoms with Crippen LogP contribution in [0.2, 0.25) is 5.02 Å². The highest BCUT2D eigenvalue weighted by molar-refractivity contribution is 6.33. The highest BCUT2D eigenvalue weighted by Gasteiger charge is 2.22. The molecule has 0 bridgehead atoms. The molecule has 1 aliphatic heterocycles. The number of anilines is 1. The van der Waals surface area contributed by atoms with Crippen LogP contribution in [-0.2, 0) is 0 Å². The molecule has 1 aliphatic rings. The van der Waals surface area contributed by atoms with E-state index >= 15 is 0 Å². The predicted octanol–water partition coefficient (Wildman–Crippen LogP) is 3.07. The SMILES string of the molecule is CCN1CCC(N(C)c2ccc(C=O)cc2Cl)CC1. The quantitative estimate of drug-likeness (QED) is 0.792. The number of rotatable bonds is 4. The van der Waals surface area contributed by atoms with Crippen LogP contribution in [0.4, 0.5) is 5.69 Å². The molecule has 1 saturated heterocycles. The van der Waals surface area contributed by atoms with Gasteiger partial charge in [-0.1, -0.05) is 18.5 Å². The third-order valence-electron chi connectivity index (χ3n) is 4.04. The van der Waals surface area contributed by atoms with Gasteiger partial charge in [0.1, 0.15) is 6.29 Å². The van der Waals surface area contributed by atoms with Crippen molar-refractivity contribution in [1.82, 2.24) is 4.90 Å². The number of nitrogens with zero attached hydrogens (tertiary/aromatic N) is 2. The lowest BCUT2D eigenvalue weighted by atomic mass is 10.0. The third kappa shape index (κ3) is 3.28. The maximum absolute atomic E-state index is 10.7. The number of piperidine rings is 1. The molecule has 4 heteroatoms. The summed E-state index contributed by atoms with van der Waals surface area (Å²) in [6.45, 7) is 5.63. The van der Waals surface area contributed by atoms with Gasteiger partial charge in [-0.3, -0.25) is 4.79 Å². The van der Waals surface area contributed by atoms with Gasteiger partial charge in [-0.2, -0.15) is 0 Å². The first-order valence-corrected chi connectivity index (χ1v) is 7.23. The van der Waals surface area contributed by atoms with Crippen LogP contribution in [0, 0.1) is 0 Å². The smallest absolute Gasteiger partial charge is 0.150 e. The minimum absolute atomic E-state index is 0.530. The summed E-state index contributed by atoms with van der Waals surface area (Å²) < 4.78 is 0. The molecule has 1 heterocycles. The van der Waals surface area contributed by atoms with Gasteiger partial charge in [0.15, 0.2) is 0 Å². The molecule has 19 heavy (non-hydrogen) atoms. The summed E-state index contributed by atoms with van der Waals surface area (Å²) in [6, 6.07) is 6.04. The van der Waals surface area contributed by atoms with Crippen LogP contribution in [0.3, 0.4) is 0 Å². The Bertz CT molecular complexity index is 442. The molecule has 0 saturated carbocycles. The van der Waals surface area contributed by atoms with Gasteiger partial charge in [0.2, 0.25) is 0 Å². The summed E-state index contributed by atoms with van der Waals surface area (Å²) in [5.41, 5.74) is 1.64. The number of carbonyl (C=O) groups excluding carboxylic acids is 1. The number of hydrogen-bond acceptors (Lipinski definition) is 3. The topological polar surface area (TPSA) is 23.6 Å². The summed E-state index contributed by atoms with van der Waals surface area (Å²) in [5.74, 6) is 0. The third-order valence-corrected chi connectivity index (χ3v) is 4.34. The van der Waals surface area contributed by atoms with E-state index in [2.05, 4.69) is 23.8 Å². The Morgan fingerprint density at radius 1 is 1.42 bits per heavy atom. The Balaban J connectivity index is 2.07. The van der Waals surface area contributed by atoms with E-state index in [4.69, 9.17) is 11.6 Å². The minimum atomic E-state index is 0.530. The number of carbonyl (C=O) groups is 1. The first kappa shape index (κ1) is 14.4. The highest BCUT2D eigenvalue weighted by Crippen LogP contribution is 2.29. The Hall–Kier alpha value is -1.06. The van der Waals surface area contributed by atoms with E-state index in [1.807, 2.05) is 12.1 Å². The summed E-state index contributed by atoms with van der Waals surface area (Å²) in [5, 5.41) is 0.657. The molecule has 0 spiro atoms. The van der Waals surface area contributed by atoms with Gasteiger partial charge in [0.05, 0.1) is 10.7 Å². The van der Waals surface area contributed by atoms with Crippen LogP contribution >= 0.6 is 11.6 Å². The second-order valence-corrected chi connectivity index (χ2v) is 5.51. The van der Waals surface area contributed by atoms with Gasteiger partial charge in [0.25, 0.3) is 0 Å². The predicted molar refractivity (Wildman–Crippen MR) is 80.4 cm³/mol. The Morgan fingerprint density at radius 3 is 2.63 bits per heavy atom. The van der Waals surface area contributed by atoms with Crippen LogP contribution in [0.5, 0.6) is 0 Å². The lowest BCUT2D eigenvalue weighted by Gasteiger charge is -2.37. The van der Waals surface area contributed by atoms with Crippen molar-refractivity contribution in [3.8, 4) is 0 Å². The monoisotopic (exact) mass is 280 g/mol. The van der Waals surface area contributed by atoms with Gasteiger partial charge < -0.3 is 9.80 Å². The van der Waals surface area contributed by atoms with Crippen molar-refractivity contribution in [3.05, 3.63) is 28.8 Å². The fourth-order valence-corrected chi connectivity index (χ4v) is 3.02. The van der Waals surface area contributed by atoms with Gasteiger partial charge >= 0.3 is 0 Å². The van der Waals surface area contributed by atoms with Crippen molar-refractivity contribution in [2.24, 2.45) is 0 Å². The summed E-state index contributed by atoms with van der Waals surface area (Å²) in [4.78, 5) is 15.5. The molecule has 1 aromatic carbocycles. The molecule has 0 atom stereocenters. The summed E-state index contributed by atoms with van der Waals surface area (Å²) >= 11 is 6.27. The molecule has 0 radical (unpaired) electrons. The van der Waals surface area contributed by atoms with Crippen LogP contribution in [0.1, 0.15) is 30.1 Å². The van der Waals surface area contributed by atoms with Crippen molar-refractivity contribution in [1.29, 1.82) is 0 Å². The van der Waals surface area contributed by atoms with Crippen molar-refractivity contribution >= 4 is 23.6 Å². The van der Waals surface area contributed by atoms with Gasteiger partial charge in [-0.25, -0.2) is 0 Å². The average Bonchev–Trinajstić information content (AvgIpc) is 2.46. The molecular weight excluding hydrogens is 260 g/mol. The molecule has 1 fully saturated rings. The first-order valence-electron chi connectivity index (χ1n) is 6.85. The van der Waals surface area contributed by atoms with Crippen LogP contribution in [-0.4, -0.2) is 43.9 Å². The first-order chi connectivity index (χ1) is 9.15. The Labute approximate surface area is 120 Å². The highest BCUT2D eigenvalue weighted by atomic mass is 35.5. The van der Waals surface area contributed by atoms with Crippen molar-refractivity contribution in [2.45, 2.75) is 25.8 Å². The van der Waals surface area contributed by atoms with Crippen molar-refractivity contribution in [2.75, 3.05) is 31.6 Å². The molecule has 0 amide bonds. The van der Waals surface area contributed by atoms with Crippen molar-refractivity contribution < 1.29 is 4.79 Å². The lowest BCUT2D eigenvalue weighted by Crippen LogP contribution is -2.43. The number of hydrogen-bond donors (Lipinski definition) is 0. The van der Waals surface area contributed by atoms with E-state index in [1.54, 1.807) is 6.07 Å². The van der Waals surface area contributed by atoms with Gasteiger partial charge in [-0.05, 0) is 37.6 Å². The Morgan fingerprint density at radius 2 is 2.11 bits per heavy atom. The molecule has 0 N–H and O–H groups in total. The summed E-state index contributed by atoms with van der Waals surface area (Å²) in [6.07, 6.45) is 3.15. The maximum Gasteiger partial charge on any atom is 0.150 e. The standard InChI is InChI=1S/C15H21ClN2O/c1-3-18-8-6-13(7-9-18)17(2)15-5-4-12(11-19)10-14(15)16/h4-5,10-11,13H,3,6-9H2,1-2H3. The van der Waals surface area contributed by atoms with E-state index in [-0.39, 0.29) is 0 Å². The largest absolute Gasteiger partial charge is 0.370 e. The fraction of sp³-hybridized carbons (Fsp3) is 0.533. The lowest BCUT2D eigenvalue weighted by molar-refractivity contribution is 0.112. The minimum Gasteiger partial charge on any atom is -0.370 e. The molecule has 0 unspecified atom stereocenters. The van der Waals surface area contributed by atoms with E-state index in [9.17, 15) is 4.79 Å². The zero-order valence-corrected chi connectivity index (χ0v) is 12.4. The van der Waals surface area contributed by atoms with E-state index in [0.717, 1.165) is 44.4 Å². The van der Waals surface area contributed by atoms with E-state index in [1.165, 1.54) is 0 Å². The van der Waals surface area contributed by atoms with Gasteiger partial charge in [-0.15, -0.1) is 0 Å². The average molecular weight is 281 g/mol. The molecule has 3 nitrogen and oxygen atoms in total. The normalized spacial score (nSPS) is 17.4. The molecule has 1 aromatic rings. The number of benzene rings is 1. The Kier molecular flexibility index (Phi) is 4.83. The molecule has 0 aliphatic carbocycles. The molecular formula is C15H21ClN2O. The van der Waals surface area contributed by atoms with E-state index < -0.39 is 0 Å². The molecule has 2 rings (SSSR count).